The van der Waals surface area contributed by atoms with E-state index >= 15 is 0 Å². The van der Waals surface area contributed by atoms with Crippen LogP contribution in [0.1, 0.15) is 41.0 Å². The zero-order valence-electron chi connectivity index (χ0n) is 20.5. The number of benzene rings is 1. The van der Waals surface area contributed by atoms with E-state index in [1.807, 2.05) is 26.0 Å². The first kappa shape index (κ1) is 25.2. The third-order valence-corrected chi connectivity index (χ3v) is 5.87. The van der Waals surface area contributed by atoms with Crippen molar-refractivity contribution >= 4 is 23.1 Å². The first-order chi connectivity index (χ1) is 18.2. The maximum absolute atomic E-state index is 13.0. The van der Waals surface area contributed by atoms with Crippen LogP contribution in [0.25, 0.3) is 5.65 Å². The van der Waals surface area contributed by atoms with Gasteiger partial charge < -0.3 is 15.0 Å². The standard InChI is InChI=1S/C27H23F3N6O2/c1-17-15-35(16-18(2)38-17)25-9-8-24-32-14-23(36(24)34-25)7-6-19-10-20(13-31-12-19)26(37)33-22-5-3-4-21(11-22)27(28,29)30/h3-5,8-14,17-18H,15-16H2,1-2H3,(H,33,37)/t17-,18+. The number of hydrogen-bond donors (Lipinski definition) is 1. The van der Waals surface area contributed by atoms with Crippen molar-refractivity contribution in [2.75, 3.05) is 23.3 Å². The van der Waals surface area contributed by atoms with Gasteiger partial charge in [0.25, 0.3) is 5.91 Å². The molecule has 194 valence electrons. The molecule has 0 radical (unpaired) electrons. The highest BCUT2D eigenvalue weighted by molar-refractivity contribution is 6.04. The summed E-state index contributed by atoms with van der Waals surface area (Å²) in [5.41, 5.74) is 0.968. The minimum atomic E-state index is -4.51. The van der Waals surface area contributed by atoms with Crippen molar-refractivity contribution in [1.82, 2.24) is 19.6 Å². The Labute approximate surface area is 216 Å². The van der Waals surface area contributed by atoms with Crippen LogP contribution in [0.2, 0.25) is 0 Å². The van der Waals surface area contributed by atoms with Gasteiger partial charge in [-0.05, 0) is 56.2 Å². The third kappa shape index (κ3) is 5.60. The first-order valence-electron chi connectivity index (χ1n) is 11.9. The van der Waals surface area contributed by atoms with Gasteiger partial charge in [0.2, 0.25) is 0 Å². The molecule has 0 bridgehead atoms. The van der Waals surface area contributed by atoms with Crippen LogP contribution >= 0.6 is 0 Å². The number of carbonyl (C=O) groups is 1. The van der Waals surface area contributed by atoms with Gasteiger partial charge in [0.15, 0.2) is 5.65 Å². The lowest BCUT2D eigenvalue weighted by Crippen LogP contribution is -2.46. The van der Waals surface area contributed by atoms with Gasteiger partial charge in [0.1, 0.15) is 11.5 Å². The van der Waals surface area contributed by atoms with Crippen molar-refractivity contribution < 1.29 is 22.7 Å². The first-order valence-corrected chi connectivity index (χ1v) is 11.9. The molecule has 1 aliphatic rings. The van der Waals surface area contributed by atoms with Gasteiger partial charge in [-0.25, -0.2) is 9.50 Å². The van der Waals surface area contributed by atoms with E-state index in [0.717, 1.165) is 31.0 Å². The second-order valence-corrected chi connectivity index (χ2v) is 9.01. The number of rotatable bonds is 3. The lowest BCUT2D eigenvalue weighted by Gasteiger charge is -2.35. The average Bonchev–Trinajstić information content (AvgIpc) is 3.29. The second-order valence-electron chi connectivity index (χ2n) is 9.01. The summed E-state index contributed by atoms with van der Waals surface area (Å²) in [6, 6.07) is 9.73. The van der Waals surface area contributed by atoms with Gasteiger partial charge in [-0.1, -0.05) is 12.0 Å². The number of hydrogen-bond acceptors (Lipinski definition) is 6. The number of nitrogens with zero attached hydrogens (tertiary/aromatic N) is 5. The molecular formula is C27H23F3N6O2. The quantitative estimate of drug-likeness (QED) is 0.403. The maximum Gasteiger partial charge on any atom is 0.416 e. The highest BCUT2D eigenvalue weighted by Crippen LogP contribution is 2.30. The summed E-state index contributed by atoms with van der Waals surface area (Å²) < 4.78 is 46.4. The Morgan fingerprint density at radius 2 is 1.84 bits per heavy atom. The molecule has 1 N–H and O–H groups in total. The molecule has 4 heterocycles. The second kappa shape index (κ2) is 10.1. The molecule has 1 saturated heterocycles. The van der Waals surface area contributed by atoms with Crippen LogP contribution in [0, 0.1) is 11.8 Å². The number of fused-ring (bicyclic) bond motifs is 1. The summed E-state index contributed by atoms with van der Waals surface area (Å²) in [7, 11) is 0. The summed E-state index contributed by atoms with van der Waals surface area (Å²) in [5, 5.41) is 7.19. The molecule has 4 aromatic rings. The monoisotopic (exact) mass is 520 g/mol. The fraction of sp³-hybridized carbons (Fsp3) is 0.259. The average molecular weight is 521 g/mol. The van der Waals surface area contributed by atoms with E-state index < -0.39 is 17.6 Å². The van der Waals surface area contributed by atoms with Crippen LogP contribution < -0.4 is 10.2 Å². The number of carbonyl (C=O) groups excluding carboxylic acids is 1. The summed E-state index contributed by atoms with van der Waals surface area (Å²) in [5.74, 6) is 6.17. The van der Waals surface area contributed by atoms with Crippen LogP contribution in [-0.2, 0) is 10.9 Å². The molecule has 0 saturated carbocycles. The summed E-state index contributed by atoms with van der Waals surface area (Å²) in [6.07, 6.45) is 0.0892. The van der Waals surface area contributed by atoms with Crippen molar-refractivity contribution in [2.24, 2.45) is 0 Å². The lowest BCUT2D eigenvalue weighted by molar-refractivity contribution is -0.137. The minimum Gasteiger partial charge on any atom is -0.372 e. The number of alkyl halides is 3. The van der Waals surface area contributed by atoms with E-state index in [4.69, 9.17) is 9.84 Å². The molecule has 0 aliphatic carbocycles. The van der Waals surface area contributed by atoms with Gasteiger partial charge in [-0.3, -0.25) is 9.78 Å². The van der Waals surface area contributed by atoms with E-state index in [9.17, 15) is 18.0 Å². The van der Waals surface area contributed by atoms with E-state index in [0.29, 0.717) is 16.9 Å². The van der Waals surface area contributed by atoms with Crippen LogP contribution in [0.3, 0.4) is 0 Å². The molecule has 3 aromatic heterocycles. The number of anilines is 2. The fourth-order valence-electron chi connectivity index (χ4n) is 4.23. The molecule has 0 spiro atoms. The van der Waals surface area contributed by atoms with Crippen molar-refractivity contribution in [3.8, 4) is 11.8 Å². The van der Waals surface area contributed by atoms with E-state index in [2.05, 4.69) is 32.0 Å². The van der Waals surface area contributed by atoms with Gasteiger partial charge in [-0.2, -0.15) is 13.2 Å². The Bertz CT molecular complexity index is 1550. The molecule has 8 nitrogen and oxygen atoms in total. The van der Waals surface area contributed by atoms with Crippen LogP contribution in [-0.4, -0.2) is 50.8 Å². The van der Waals surface area contributed by atoms with Crippen LogP contribution in [0.4, 0.5) is 24.7 Å². The number of ether oxygens (including phenoxy) is 1. The number of imidazole rings is 1. The van der Waals surface area contributed by atoms with Crippen LogP contribution in [0.15, 0.2) is 61.1 Å². The largest absolute Gasteiger partial charge is 0.416 e. The Hall–Kier alpha value is -4.43. The lowest BCUT2D eigenvalue weighted by atomic mass is 10.1. The number of halogens is 3. The smallest absolute Gasteiger partial charge is 0.372 e. The zero-order valence-corrected chi connectivity index (χ0v) is 20.5. The molecule has 1 aliphatic heterocycles. The summed E-state index contributed by atoms with van der Waals surface area (Å²) >= 11 is 0. The minimum absolute atomic E-state index is 0.0259. The molecule has 1 fully saturated rings. The Morgan fingerprint density at radius 1 is 1.05 bits per heavy atom. The zero-order chi connectivity index (χ0) is 26.9. The fourth-order valence-corrected chi connectivity index (χ4v) is 4.23. The van der Waals surface area contributed by atoms with Crippen molar-refractivity contribution in [3.05, 3.63) is 83.4 Å². The number of pyridine rings is 1. The number of nitrogens with one attached hydrogen (secondary N) is 1. The molecule has 38 heavy (non-hydrogen) atoms. The van der Waals surface area contributed by atoms with Gasteiger partial charge in [-0.15, -0.1) is 5.10 Å². The highest BCUT2D eigenvalue weighted by Gasteiger charge is 2.30. The molecule has 0 unspecified atom stereocenters. The predicted molar refractivity (Wildman–Crippen MR) is 135 cm³/mol. The number of amides is 1. The Kier molecular flexibility index (Phi) is 6.73. The number of aromatic nitrogens is 4. The number of morpholine rings is 1. The van der Waals surface area contributed by atoms with E-state index in [1.165, 1.54) is 30.6 Å². The normalized spacial score (nSPS) is 17.7. The van der Waals surface area contributed by atoms with Crippen molar-refractivity contribution in [2.45, 2.75) is 32.2 Å². The highest BCUT2D eigenvalue weighted by atomic mass is 19.4. The molecular weight excluding hydrogens is 497 g/mol. The predicted octanol–water partition coefficient (Wildman–Crippen LogP) is 4.41. The Morgan fingerprint density at radius 3 is 2.61 bits per heavy atom. The Balaban J connectivity index is 1.35. The third-order valence-electron chi connectivity index (χ3n) is 5.87. The maximum atomic E-state index is 13.0. The SMILES string of the molecule is C[C@@H]1CN(c2ccc3ncc(C#Cc4cncc(C(=O)Nc5cccc(C(F)(F)F)c5)c4)n3n2)C[C@H](C)O1. The molecule has 5 rings (SSSR count). The van der Waals surface area contributed by atoms with Crippen LogP contribution in [0.5, 0.6) is 0 Å². The van der Waals surface area contributed by atoms with Crippen molar-refractivity contribution in [1.29, 1.82) is 0 Å². The molecule has 2 atom stereocenters. The van der Waals surface area contributed by atoms with E-state index in [1.54, 1.807) is 10.7 Å². The molecule has 1 amide bonds. The van der Waals surface area contributed by atoms with Gasteiger partial charge >= 0.3 is 6.18 Å². The van der Waals surface area contributed by atoms with Crippen molar-refractivity contribution in [3.63, 3.8) is 0 Å². The topological polar surface area (TPSA) is 84.7 Å². The molecule has 1 aromatic carbocycles. The van der Waals surface area contributed by atoms with E-state index in [-0.39, 0.29) is 23.5 Å². The van der Waals surface area contributed by atoms with Gasteiger partial charge in [0, 0.05) is 36.7 Å². The van der Waals surface area contributed by atoms with Gasteiger partial charge in [0.05, 0.1) is 29.5 Å². The summed E-state index contributed by atoms with van der Waals surface area (Å²) in [4.78, 5) is 23.2. The molecule has 11 heteroatoms. The summed E-state index contributed by atoms with van der Waals surface area (Å²) in [6.45, 7) is 5.49.